The van der Waals surface area contributed by atoms with E-state index in [1.54, 1.807) is 14.2 Å². The molecule has 110 valence electrons. The van der Waals surface area contributed by atoms with E-state index in [-0.39, 0.29) is 17.9 Å². The Bertz CT molecular complexity index is 513. The van der Waals surface area contributed by atoms with E-state index in [2.05, 4.69) is 5.32 Å². The van der Waals surface area contributed by atoms with Crippen molar-refractivity contribution in [3.8, 4) is 11.5 Å². The smallest absolute Gasteiger partial charge is 0.223 e. The summed E-state index contributed by atoms with van der Waals surface area (Å²) in [6.45, 7) is 3.65. The number of aliphatic hydroxyl groups excluding tert-OH is 1. The molecule has 5 nitrogen and oxygen atoms in total. The lowest BCUT2D eigenvalue weighted by Crippen LogP contribution is -2.36. The van der Waals surface area contributed by atoms with Crippen LogP contribution in [0.2, 0.25) is 0 Å². The van der Waals surface area contributed by atoms with Crippen LogP contribution in [0.4, 0.5) is 0 Å². The first kappa shape index (κ1) is 14.7. The van der Waals surface area contributed by atoms with Crippen molar-refractivity contribution in [3.05, 3.63) is 23.3 Å². The van der Waals surface area contributed by atoms with Gasteiger partial charge in [0.25, 0.3) is 0 Å². The fraction of sp³-hybridized carbons (Fsp3) is 0.533. The predicted octanol–water partition coefficient (Wildman–Crippen LogP) is 1.43. The number of amides is 1. The largest absolute Gasteiger partial charge is 0.493 e. The molecule has 0 spiro atoms. The minimum atomic E-state index is -0.621. The van der Waals surface area contributed by atoms with Gasteiger partial charge in [0.2, 0.25) is 5.91 Å². The summed E-state index contributed by atoms with van der Waals surface area (Å²) in [6.07, 6.45) is -0.122. The van der Waals surface area contributed by atoms with Gasteiger partial charge in [-0.1, -0.05) is 13.8 Å². The van der Waals surface area contributed by atoms with Crippen LogP contribution in [0.15, 0.2) is 12.1 Å². The standard InChI is InChI=1S/C15H21NO4/c1-8(2)15(18)16-14-10-7-13(20-4)12(19-3)6-9(10)5-11(14)17/h6-8,11,14,17H,5H2,1-4H3,(H,16,18)/t11-,14-/m1/s1. The highest BCUT2D eigenvalue weighted by Crippen LogP contribution is 2.39. The Labute approximate surface area is 118 Å². The highest BCUT2D eigenvalue weighted by molar-refractivity contribution is 5.78. The predicted molar refractivity (Wildman–Crippen MR) is 75.0 cm³/mol. The number of hydrogen-bond donors (Lipinski definition) is 2. The Hall–Kier alpha value is -1.75. The fourth-order valence-electron chi connectivity index (χ4n) is 2.45. The molecule has 5 heteroatoms. The molecule has 1 aromatic carbocycles. The van der Waals surface area contributed by atoms with Crippen molar-refractivity contribution in [2.75, 3.05) is 14.2 Å². The highest BCUT2D eigenvalue weighted by Gasteiger charge is 2.34. The minimum Gasteiger partial charge on any atom is -0.493 e. The number of benzene rings is 1. The lowest BCUT2D eigenvalue weighted by atomic mass is 10.1. The van der Waals surface area contributed by atoms with Crippen LogP contribution in [0.5, 0.6) is 11.5 Å². The van der Waals surface area contributed by atoms with E-state index in [9.17, 15) is 9.90 Å². The molecule has 0 aliphatic heterocycles. The molecular formula is C15H21NO4. The lowest BCUT2D eigenvalue weighted by Gasteiger charge is -2.20. The van der Waals surface area contributed by atoms with E-state index in [1.807, 2.05) is 26.0 Å². The van der Waals surface area contributed by atoms with Crippen LogP contribution in [0.25, 0.3) is 0 Å². The van der Waals surface area contributed by atoms with Gasteiger partial charge < -0.3 is 19.9 Å². The Morgan fingerprint density at radius 1 is 1.30 bits per heavy atom. The summed E-state index contributed by atoms with van der Waals surface area (Å²) in [5, 5.41) is 13.1. The number of aliphatic hydroxyl groups is 1. The molecule has 20 heavy (non-hydrogen) atoms. The lowest BCUT2D eigenvalue weighted by molar-refractivity contribution is -0.125. The third-order valence-electron chi connectivity index (χ3n) is 3.62. The van der Waals surface area contributed by atoms with Crippen molar-refractivity contribution in [1.29, 1.82) is 0 Å². The average Bonchev–Trinajstić information content (AvgIpc) is 2.72. The molecule has 0 radical (unpaired) electrons. The molecule has 1 amide bonds. The van der Waals surface area contributed by atoms with Gasteiger partial charge in [0.15, 0.2) is 11.5 Å². The molecule has 1 aliphatic rings. The molecule has 2 N–H and O–H groups in total. The van der Waals surface area contributed by atoms with Gasteiger partial charge in [-0.05, 0) is 23.3 Å². The molecule has 0 heterocycles. The summed E-state index contributed by atoms with van der Waals surface area (Å²) in [6, 6.07) is 3.30. The average molecular weight is 279 g/mol. The Morgan fingerprint density at radius 2 is 1.90 bits per heavy atom. The Kier molecular flexibility index (Phi) is 4.18. The number of rotatable bonds is 4. The summed E-state index contributed by atoms with van der Waals surface area (Å²) < 4.78 is 10.5. The van der Waals surface area contributed by atoms with Crippen molar-refractivity contribution in [3.63, 3.8) is 0 Å². The fourth-order valence-corrected chi connectivity index (χ4v) is 2.45. The van der Waals surface area contributed by atoms with E-state index in [0.717, 1.165) is 11.1 Å². The molecule has 0 bridgehead atoms. The molecule has 2 rings (SSSR count). The van der Waals surface area contributed by atoms with Crippen LogP contribution in [0.3, 0.4) is 0 Å². The van der Waals surface area contributed by atoms with E-state index >= 15 is 0 Å². The van der Waals surface area contributed by atoms with E-state index < -0.39 is 6.10 Å². The van der Waals surface area contributed by atoms with Crippen LogP contribution >= 0.6 is 0 Å². The third kappa shape index (κ3) is 2.58. The number of hydrogen-bond acceptors (Lipinski definition) is 4. The van der Waals surface area contributed by atoms with Crippen molar-refractivity contribution >= 4 is 5.91 Å². The van der Waals surface area contributed by atoms with Crippen molar-refractivity contribution < 1.29 is 19.4 Å². The molecule has 1 aromatic rings. The number of carbonyl (C=O) groups is 1. The topological polar surface area (TPSA) is 67.8 Å². The maximum Gasteiger partial charge on any atom is 0.223 e. The van der Waals surface area contributed by atoms with E-state index in [1.165, 1.54) is 0 Å². The normalized spacial score (nSPS) is 20.7. The number of methoxy groups -OCH3 is 2. The van der Waals surface area contributed by atoms with Crippen LogP contribution in [0.1, 0.15) is 31.0 Å². The molecule has 0 aromatic heterocycles. The Balaban J connectivity index is 2.34. The summed E-state index contributed by atoms with van der Waals surface area (Å²) in [7, 11) is 3.14. The minimum absolute atomic E-state index is 0.0725. The summed E-state index contributed by atoms with van der Waals surface area (Å²) in [4.78, 5) is 11.9. The second-order valence-electron chi connectivity index (χ2n) is 5.32. The summed E-state index contributed by atoms with van der Waals surface area (Å²) in [5.41, 5.74) is 1.87. The van der Waals surface area contributed by atoms with Gasteiger partial charge in [-0.3, -0.25) is 4.79 Å². The summed E-state index contributed by atoms with van der Waals surface area (Å²) in [5.74, 6) is 1.04. The zero-order valence-electron chi connectivity index (χ0n) is 12.3. The van der Waals surface area contributed by atoms with Crippen LogP contribution in [-0.2, 0) is 11.2 Å². The maximum absolute atomic E-state index is 11.9. The van der Waals surface area contributed by atoms with E-state index in [4.69, 9.17) is 9.47 Å². The molecule has 2 atom stereocenters. The monoisotopic (exact) mass is 279 g/mol. The SMILES string of the molecule is COc1cc2c(cc1OC)[C@@H](NC(=O)C(C)C)[C@H](O)C2. The van der Waals surface area contributed by atoms with Crippen LogP contribution in [-0.4, -0.2) is 31.3 Å². The number of nitrogens with one attached hydrogen (secondary N) is 1. The maximum atomic E-state index is 11.9. The van der Waals surface area contributed by atoms with Gasteiger partial charge in [0, 0.05) is 12.3 Å². The molecule has 1 aliphatic carbocycles. The second-order valence-corrected chi connectivity index (χ2v) is 5.32. The van der Waals surface area contributed by atoms with Gasteiger partial charge in [-0.25, -0.2) is 0 Å². The highest BCUT2D eigenvalue weighted by atomic mass is 16.5. The van der Waals surface area contributed by atoms with Gasteiger partial charge in [0.05, 0.1) is 26.4 Å². The zero-order chi connectivity index (χ0) is 14.9. The zero-order valence-corrected chi connectivity index (χ0v) is 12.3. The van der Waals surface area contributed by atoms with Gasteiger partial charge in [-0.15, -0.1) is 0 Å². The molecule has 0 saturated heterocycles. The molecule has 0 fully saturated rings. The van der Waals surface area contributed by atoms with Gasteiger partial charge in [-0.2, -0.15) is 0 Å². The van der Waals surface area contributed by atoms with Crippen LogP contribution < -0.4 is 14.8 Å². The van der Waals surface area contributed by atoms with Crippen molar-refractivity contribution in [2.24, 2.45) is 5.92 Å². The molecule has 0 saturated carbocycles. The van der Waals surface area contributed by atoms with E-state index in [0.29, 0.717) is 17.9 Å². The van der Waals surface area contributed by atoms with Crippen molar-refractivity contribution in [1.82, 2.24) is 5.32 Å². The third-order valence-corrected chi connectivity index (χ3v) is 3.62. The number of carbonyl (C=O) groups excluding carboxylic acids is 1. The number of fused-ring (bicyclic) bond motifs is 1. The molecular weight excluding hydrogens is 258 g/mol. The second kappa shape index (κ2) is 5.71. The number of ether oxygens (including phenoxy) is 2. The Morgan fingerprint density at radius 3 is 2.45 bits per heavy atom. The summed E-state index contributed by atoms with van der Waals surface area (Å²) >= 11 is 0. The first-order chi connectivity index (χ1) is 9.47. The van der Waals surface area contributed by atoms with Gasteiger partial charge in [0.1, 0.15) is 0 Å². The quantitative estimate of drug-likeness (QED) is 0.875. The molecule has 0 unspecified atom stereocenters. The van der Waals surface area contributed by atoms with Gasteiger partial charge >= 0.3 is 0 Å². The first-order valence-electron chi connectivity index (χ1n) is 6.71. The first-order valence-corrected chi connectivity index (χ1v) is 6.71. The van der Waals surface area contributed by atoms with Crippen LogP contribution in [0, 0.1) is 5.92 Å². The van der Waals surface area contributed by atoms with Crippen molar-refractivity contribution in [2.45, 2.75) is 32.4 Å².